The number of methoxy groups -OCH3 is 1. The monoisotopic (exact) mass is 478 g/mol. The maximum absolute atomic E-state index is 14.1. The molecule has 2 aliphatic rings. The summed E-state index contributed by atoms with van der Waals surface area (Å²) in [4.78, 5) is 43.7. The minimum absolute atomic E-state index is 0.0156. The lowest BCUT2D eigenvalue weighted by Crippen LogP contribution is -2.52. The molecule has 1 atom stereocenters. The molecule has 0 radical (unpaired) electrons. The van der Waals surface area contributed by atoms with Gasteiger partial charge in [0.25, 0.3) is 17.6 Å². The molecule has 8 heteroatoms. The van der Waals surface area contributed by atoms with Gasteiger partial charge >= 0.3 is 0 Å². The summed E-state index contributed by atoms with van der Waals surface area (Å²) in [5, 5.41) is 11.4. The van der Waals surface area contributed by atoms with Crippen LogP contribution in [0.15, 0.2) is 54.1 Å². The number of ketones is 1. The second-order valence-corrected chi connectivity index (χ2v) is 8.56. The number of para-hydroxylation sites is 1. The Labute approximate surface area is 204 Å². The summed E-state index contributed by atoms with van der Waals surface area (Å²) in [5.74, 6) is -1.94. The number of fused-ring (bicyclic) bond motifs is 2. The van der Waals surface area contributed by atoms with Crippen molar-refractivity contribution >= 4 is 29.0 Å². The van der Waals surface area contributed by atoms with Crippen molar-refractivity contribution in [3.63, 3.8) is 0 Å². The Morgan fingerprint density at radius 2 is 1.66 bits per heavy atom. The van der Waals surface area contributed by atoms with Crippen molar-refractivity contribution in [1.82, 2.24) is 4.90 Å². The number of rotatable bonds is 9. The van der Waals surface area contributed by atoms with Crippen molar-refractivity contribution in [2.45, 2.75) is 32.2 Å². The van der Waals surface area contributed by atoms with Crippen LogP contribution in [-0.2, 0) is 24.7 Å². The standard InChI is InChI=1S/C27H30N2O6/c1-4-14-28-21-9-7-6-8-20(21)27(26(28)33)22(24(31)25(32)29(27)15-17-34-3)23(30)18-10-12-19(13-11-18)35-16-5-2/h6-13,30H,4-5,14-17H2,1-3H3/t27-/m0/s1. The van der Waals surface area contributed by atoms with E-state index in [0.717, 1.165) is 6.42 Å². The van der Waals surface area contributed by atoms with Gasteiger partial charge in [-0.05, 0) is 43.2 Å². The Kier molecular flexibility index (Phi) is 6.93. The molecule has 1 spiro atoms. The molecule has 184 valence electrons. The number of amides is 2. The van der Waals surface area contributed by atoms with E-state index in [0.29, 0.717) is 42.1 Å². The highest BCUT2D eigenvalue weighted by atomic mass is 16.5. The van der Waals surface area contributed by atoms with Crippen LogP contribution >= 0.6 is 0 Å². The molecule has 2 amide bonds. The second kappa shape index (κ2) is 9.92. The van der Waals surface area contributed by atoms with E-state index in [4.69, 9.17) is 9.47 Å². The average Bonchev–Trinajstić information content (AvgIpc) is 3.25. The summed E-state index contributed by atoms with van der Waals surface area (Å²) in [5.41, 5.74) is -0.551. The van der Waals surface area contributed by atoms with Crippen LogP contribution in [0.25, 0.3) is 5.76 Å². The summed E-state index contributed by atoms with van der Waals surface area (Å²) in [6.45, 7) is 5.06. The Bertz CT molecular complexity index is 1170. The molecular weight excluding hydrogens is 448 g/mol. The van der Waals surface area contributed by atoms with Crippen LogP contribution in [0.3, 0.4) is 0 Å². The third-order valence-corrected chi connectivity index (χ3v) is 6.38. The topological polar surface area (TPSA) is 96.4 Å². The number of carbonyl (C=O) groups is 3. The molecule has 0 unspecified atom stereocenters. The molecule has 0 saturated carbocycles. The smallest absolute Gasteiger partial charge is 0.296 e. The lowest BCUT2D eigenvalue weighted by atomic mass is 9.82. The molecule has 35 heavy (non-hydrogen) atoms. The lowest BCUT2D eigenvalue weighted by molar-refractivity contribution is -0.144. The summed E-state index contributed by atoms with van der Waals surface area (Å²) >= 11 is 0. The summed E-state index contributed by atoms with van der Waals surface area (Å²) in [7, 11) is 1.49. The quantitative estimate of drug-likeness (QED) is 0.337. The van der Waals surface area contributed by atoms with Gasteiger partial charge in [-0.25, -0.2) is 0 Å². The third kappa shape index (κ3) is 3.78. The van der Waals surface area contributed by atoms with Crippen LogP contribution in [0.1, 0.15) is 37.8 Å². The SMILES string of the molecule is CCCOc1ccc(C(O)=C2C(=O)C(=O)N(CCOC)[C@]23C(=O)N(CCC)c2ccccc23)cc1. The van der Waals surface area contributed by atoms with Crippen molar-refractivity contribution < 1.29 is 29.0 Å². The fraction of sp³-hybridized carbons (Fsp3) is 0.370. The van der Waals surface area contributed by atoms with Crippen LogP contribution in [0, 0.1) is 0 Å². The number of anilines is 1. The molecule has 2 heterocycles. The normalized spacial score (nSPS) is 20.7. The first-order valence-electron chi connectivity index (χ1n) is 11.9. The molecule has 2 aromatic rings. The Balaban J connectivity index is 1.95. The van der Waals surface area contributed by atoms with Crippen molar-refractivity contribution in [2.75, 3.05) is 38.3 Å². The first-order chi connectivity index (χ1) is 16.9. The third-order valence-electron chi connectivity index (χ3n) is 6.38. The molecule has 8 nitrogen and oxygen atoms in total. The van der Waals surface area contributed by atoms with E-state index in [9.17, 15) is 19.5 Å². The predicted molar refractivity (Wildman–Crippen MR) is 131 cm³/mol. The van der Waals surface area contributed by atoms with Gasteiger partial charge in [0.05, 0.1) is 24.5 Å². The number of carbonyl (C=O) groups excluding carboxylic acids is 3. The maximum atomic E-state index is 14.1. The van der Waals surface area contributed by atoms with Crippen molar-refractivity contribution in [3.8, 4) is 5.75 Å². The first kappa shape index (κ1) is 24.5. The molecule has 1 N–H and O–H groups in total. The Morgan fingerprint density at radius 1 is 0.943 bits per heavy atom. The van der Waals surface area contributed by atoms with Gasteiger partial charge in [-0.3, -0.25) is 14.4 Å². The van der Waals surface area contributed by atoms with Gasteiger partial charge in [-0.15, -0.1) is 0 Å². The number of aliphatic hydroxyl groups is 1. The molecule has 1 saturated heterocycles. The van der Waals surface area contributed by atoms with Gasteiger partial charge in [0, 0.05) is 31.3 Å². The van der Waals surface area contributed by atoms with E-state index in [-0.39, 0.29) is 18.7 Å². The van der Waals surface area contributed by atoms with E-state index in [1.807, 2.05) is 19.9 Å². The molecule has 4 rings (SSSR count). The van der Waals surface area contributed by atoms with Gasteiger partial charge in [0.1, 0.15) is 11.5 Å². The number of aliphatic hydroxyl groups excluding tert-OH is 1. The van der Waals surface area contributed by atoms with E-state index in [2.05, 4.69) is 0 Å². The minimum atomic E-state index is -1.76. The van der Waals surface area contributed by atoms with Crippen LogP contribution in [-0.4, -0.2) is 61.0 Å². The van der Waals surface area contributed by atoms with Crippen molar-refractivity contribution in [1.29, 1.82) is 0 Å². The van der Waals surface area contributed by atoms with Crippen molar-refractivity contribution in [3.05, 3.63) is 65.2 Å². The van der Waals surface area contributed by atoms with Gasteiger partial charge in [-0.1, -0.05) is 32.0 Å². The van der Waals surface area contributed by atoms with Gasteiger partial charge in [-0.2, -0.15) is 0 Å². The summed E-state index contributed by atoms with van der Waals surface area (Å²) in [6.07, 6.45) is 1.53. The maximum Gasteiger partial charge on any atom is 0.296 e. The van der Waals surface area contributed by atoms with E-state index in [1.54, 1.807) is 47.4 Å². The number of hydrogen-bond acceptors (Lipinski definition) is 6. The fourth-order valence-electron chi connectivity index (χ4n) is 4.87. The highest BCUT2D eigenvalue weighted by Gasteiger charge is 2.66. The molecule has 2 aromatic carbocycles. The largest absolute Gasteiger partial charge is 0.507 e. The fourth-order valence-corrected chi connectivity index (χ4v) is 4.87. The molecule has 0 bridgehead atoms. The van der Waals surface area contributed by atoms with Crippen molar-refractivity contribution in [2.24, 2.45) is 0 Å². The molecule has 0 aromatic heterocycles. The number of hydrogen-bond donors (Lipinski definition) is 1. The zero-order valence-electron chi connectivity index (χ0n) is 20.2. The highest BCUT2D eigenvalue weighted by molar-refractivity contribution is 6.50. The van der Waals surface area contributed by atoms with Crippen LogP contribution in [0.4, 0.5) is 5.69 Å². The number of nitrogens with zero attached hydrogens (tertiary/aromatic N) is 2. The lowest BCUT2D eigenvalue weighted by Gasteiger charge is -2.34. The van der Waals surface area contributed by atoms with Crippen LogP contribution < -0.4 is 9.64 Å². The van der Waals surface area contributed by atoms with Gasteiger partial charge in [0.15, 0.2) is 5.54 Å². The number of ether oxygens (including phenoxy) is 2. The molecule has 1 fully saturated rings. The Morgan fingerprint density at radius 3 is 2.31 bits per heavy atom. The zero-order chi connectivity index (χ0) is 25.2. The van der Waals surface area contributed by atoms with Crippen LogP contribution in [0.2, 0.25) is 0 Å². The first-order valence-corrected chi connectivity index (χ1v) is 11.9. The summed E-state index contributed by atoms with van der Waals surface area (Å²) < 4.78 is 10.8. The molecule has 2 aliphatic heterocycles. The van der Waals surface area contributed by atoms with Crippen LogP contribution in [0.5, 0.6) is 5.75 Å². The van der Waals surface area contributed by atoms with E-state index in [1.165, 1.54) is 12.0 Å². The average molecular weight is 479 g/mol. The zero-order valence-corrected chi connectivity index (χ0v) is 20.2. The Hall–Kier alpha value is -3.65. The summed E-state index contributed by atoms with van der Waals surface area (Å²) in [6, 6.07) is 13.7. The van der Waals surface area contributed by atoms with E-state index < -0.39 is 28.9 Å². The second-order valence-electron chi connectivity index (χ2n) is 8.56. The molecule has 0 aliphatic carbocycles. The minimum Gasteiger partial charge on any atom is -0.507 e. The van der Waals surface area contributed by atoms with Gasteiger partial charge in [0.2, 0.25) is 0 Å². The molecular formula is C27H30N2O6. The number of benzene rings is 2. The van der Waals surface area contributed by atoms with Gasteiger partial charge < -0.3 is 24.4 Å². The van der Waals surface area contributed by atoms with E-state index >= 15 is 0 Å². The number of likely N-dealkylation sites (tertiary alicyclic amines) is 1. The predicted octanol–water partition coefficient (Wildman–Crippen LogP) is 3.45. The highest BCUT2D eigenvalue weighted by Crippen LogP contribution is 2.53. The number of Topliss-reactive ketones (excluding diaryl/α,β-unsaturated/α-hetero) is 1.